The van der Waals surface area contributed by atoms with Crippen molar-refractivity contribution in [2.24, 2.45) is 11.8 Å². The van der Waals surface area contributed by atoms with Gasteiger partial charge in [0, 0.05) is 0 Å². The molecule has 0 aromatic rings. The molecule has 2 atom stereocenters. The van der Waals surface area contributed by atoms with Crippen LogP contribution in [0.2, 0.25) is 0 Å². The zero-order valence-corrected chi connectivity index (χ0v) is 5.84. The van der Waals surface area contributed by atoms with Crippen LogP contribution < -0.4 is 0 Å². The van der Waals surface area contributed by atoms with Crippen molar-refractivity contribution in [2.45, 2.75) is 32.1 Å². The highest BCUT2D eigenvalue weighted by molar-refractivity contribution is 4.99. The zero-order valence-electron chi connectivity index (χ0n) is 5.84. The fraction of sp³-hybridized carbons (Fsp3) is 0.778. The first-order chi connectivity index (χ1) is 4.47. The molecule has 2 aliphatic rings. The standard InChI is InChI=1S/C9H14/c1-2-5-9-7-3-6-8(9)4-1/h1,4,8-9H,2-3,5-7H2/t8-,9+/m1/s1. The van der Waals surface area contributed by atoms with E-state index >= 15 is 0 Å². The van der Waals surface area contributed by atoms with Crippen molar-refractivity contribution < 1.29 is 0 Å². The Morgan fingerprint density at radius 2 is 2.11 bits per heavy atom. The highest BCUT2D eigenvalue weighted by Gasteiger charge is 2.25. The Bertz CT molecular complexity index is 124. The Labute approximate surface area is 57.0 Å². The lowest BCUT2D eigenvalue weighted by Crippen LogP contribution is -2.07. The quantitative estimate of drug-likeness (QED) is 0.433. The summed E-state index contributed by atoms with van der Waals surface area (Å²) < 4.78 is 0. The number of allylic oxidation sites excluding steroid dienone is 2. The molecule has 0 nitrogen and oxygen atoms in total. The van der Waals surface area contributed by atoms with Gasteiger partial charge in [0.25, 0.3) is 0 Å². The van der Waals surface area contributed by atoms with Crippen molar-refractivity contribution in [3.63, 3.8) is 0 Å². The molecule has 0 heterocycles. The second-order valence-electron chi connectivity index (χ2n) is 3.36. The molecule has 1 saturated carbocycles. The number of rotatable bonds is 0. The van der Waals surface area contributed by atoms with Gasteiger partial charge in [0.1, 0.15) is 0 Å². The molecule has 0 aromatic heterocycles. The van der Waals surface area contributed by atoms with Crippen molar-refractivity contribution in [1.29, 1.82) is 0 Å². The molecule has 0 heteroatoms. The predicted octanol–water partition coefficient (Wildman–Crippen LogP) is 2.75. The molecule has 0 saturated heterocycles. The summed E-state index contributed by atoms with van der Waals surface area (Å²) in [5, 5.41) is 0. The summed E-state index contributed by atoms with van der Waals surface area (Å²) in [6.07, 6.45) is 12.1. The van der Waals surface area contributed by atoms with Gasteiger partial charge < -0.3 is 0 Å². The summed E-state index contributed by atoms with van der Waals surface area (Å²) in [6.45, 7) is 0. The molecule has 2 rings (SSSR count). The Morgan fingerprint density at radius 1 is 1.11 bits per heavy atom. The van der Waals surface area contributed by atoms with E-state index < -0.39 is 0 Å². The van der Waals surface area contributed by atoms with Crippen LogP contribution in [0.5, 0.6) is 0 Å². The van der Waals surface area contributed by atoms with Crippen molar-refractivity contribution in [3.8, 4) is 0 Å². The lowest BCUT2D eigenvalue weighted by atomic mass is 9.87. The minimum Gasteiger partial charge on any atom is -0.0882 e. The molecule has 2 aliphatic carbocycles. The second kappa shape index (κ2) is 2.17. The van der Waals surface area contributed by atoms with Gasteiger partial charge in [-0.1, -0.05) is 18.6 Å². The van der Waals surface area contributed by atoms with Crippen LogP contribution in [0.25, 0.3) is 0 Å². The van der Waals surface area contributed by atoms with Crippen molar-refractivity contribution in [3.05, 3.63) is 12.2 Å². The maximum absolute atomic E-state index is 2.45. The van der Waals surface area contributed by atoms with Gasteiger partial charge in [-0.3, -0.25) is 0 Å². The fourth-order valence-electron chi connectivity index (χ4n) is 2.26. The van der Waals surface area contributed by atoms with Crippen molar-refractivity contribution in [1.82, 2.24) is 0 Å². The van der Waals surface area contributed by atoms with E-state index in [0.717, 1.165) is 11.8 Å². The molecule has 0 spiro atoms. The Kier molecular flexibility index (Phi) is 1.33. The molecule has 0 N–H and O–H groups in total. The molecule has 0 aromatic carbocycles. The number of hydrogen-bond donors (Lipinski definition) is 0. The van der Waals surface area contributed by atoms with Gasteiger partial charge in [-0.05, 0) is 37.5 Å². The van der Waals surface area contributed by atoms with Crippen LogP contribution in [-0.4, -0.2) is 0 Å². The molecular weight excluding hydrogens is 108 g/mol. The topological polar surface area (TPSA) is 0 Å². The molecule has 1 fully saturated rings. The molecule has 0 aliphatic heterocycles. The van der Waals surface area contributed by atoms with Gasteiger partial charge in [0.15, 0.2) is 0 Å². The lowest BCUT2D eigenvalue weighted by Gasteiger charge is -2.18. The van der Waals surface area contributed by atoms with E-state index in [2.05, 4.69) is 12.2 Å². The van der Waals surface area contributed by atoms with Crippen LogP contribution in [0.15, 0.2) is 12.2 Å². The van der Waals surface area contributed by atoms with Gasteiger partial charge in [0.05, 0.1) is 0 Å². The minimum atomic E-state index is 0.985. The first-order valence-electron chi connectivity index (χ1n) is 4.13. The van der Waals surface area contributed by atoms with E-state index in [9.17, 15) is 0 Å². The fourth-order valence-corrected chi connectivity index (χ4v) is 2.26. The smallest absolute Gasteiger partial charge is 0.0205 e. The molecule has 0 amide bonds. The van der Waals surface area contributed by atoms with Gasteiger partial charge in [-0.15, -0.1) is 0 Å². The van der Waals surface area contributed by atoms with Crippen LogP contribution in [0, 0.1) is 11.8 Å². The maximum atomic E-state index is 2.45. The average molecular weight is 122 g/mol. The molecule has 9 heavy (non-hydrogen) atoms. The highest BCUT2D eigenvalue weighted by Crippen LogP contribution is 2.38. The predicted molar refractivity (Wildman–Crippen MR) is 39.2 cm³/mol. The van der Waals surface area contributed by atoms with Gasteiger partial charge in [-0.25, -0.2) is 0 Å². The van der Waals surface area contributed by atoms with Gasteiger partial charge in [-0.2, -0.15) is 0 Å². The SMILES string of the molecule is C1=C[C@@H]2CCC[C@@H]2CC1. The average Bonchev–Trinajstić information content (AvgIpc) is 2.33. The van der Waals surface area contributed by atoms with Crippen LogP contribution in [0.4, 0.5) is 0 Å². The second-order valence-corrected chi connectivity index (χ2v) is 3.36. The molecule has 0 bridgehead atoms. The monoisotopic (exact) mass is 122 g/mol. The summed E-state index contributed by atoms with van der Waals surface area (Å²) in [7, 11) is 0. The van der Waals surface area contributed by atoms with Crippen molar-refractivity contribution in [2.75, 3.05) is 0 Å². The third-order valence-corrected chi connectivity index (χ3v) is 2.81. The molecule has 50 valence electrons. The van der Waals surface area contributed by atoms with Crippen LogP contribution in [-0.2, 0) is 0 Å². The Hall–Kier alpha value is -0.260. The highest BCUT2D eigenvalue weighted by atomic mass is 14.3. The molecule has 0 unspecified atom stereocenters. The maximum Gasteiger partial charge on any atom is -0.0205 e. The van der Waals surface area contributed by atoms with E-state index in [0.29, 0.717) is 0 Å². The van der Waals surface area contributed by atoms with E-state index in [1.54, 1.807) is 0 Å². The number of hydrogen-bond acceptors (Lipinski definition) is 0. The third kappa shape index (κ3) is 0.910. The summed E-state index contributed by atoms with van der Waals surface area (Å²) in [6, 6.07) is 0. The minimum absolute atomic E-state index is 0.985. The Balaban J connectivity index is 2.10. The first kappa shape index (κ1) is 5.52. The van der Waals surface area contributed by atoms with E-state index in [1.165, 1.54) is 32.1 Å². The zero-order chi connectivity index (χ0) is 6.10. The van der Waals surface area contributed by atoms with Gasteiger partial charge in [0.2, 0.25) is 0 Å². The van der Waals surface area contributed by atoms with E-state index in [4.69, 9.17) is 0 Å². The summed E-state index contributed by atoms with van der Waals surface area (Å²) in [5.41, 5.74) is 0. The third-order valence-electron chi connectivity index (χ3n) is 2.81. The van der Waals surface area contributed by atoms with Crippen LogP contribution in [0.3, 0.4) is 0 Å². The van der Waals surface area contributed by atoms with Crippen LogP contribution in [0.1, 0.15) is 32.1 Å². The normalized spacial score (nSPS) is 40.9. The van der Waals surface area contributed by atoms with Crippen LogP contribution >= 0.6 is 0 Å². The largest absolute Gasteiger partial charge is 0.0882 e. The Morgan fingerprint density at radius 3 is 3.00 bits per heavy atom. The van der Waals surface area contributed by atoms with Gasteiger partial charge >= 0.3 is 0 Å². The van der Waals surface area contributed by atoms with E-state index in [-0.39, 0.29) is 0 Å². The molecule has 0 radical (unpaired) electrons. The summed E-state index contributed by atoms with van der Waals surface area (Å²) in [4.78, 5) is 0. The number of fused-ring (bicyclic) bond motifs is 1. The first-order valence-corrected chi connectivity index (χ1v) is 4.13. The molecular formula is C9H14. The lowest BCUT2D eigenvalue weighted by molar-refractivity contribution is 0.412. The summed E-state index contributed by atoms with van der Waals surface area (Å²) >= 11 is 0. The van der Waals surface area contributed by atoms with E-state index in [1.807, 2.05) is 0 Å². The van der Waals surface area contributed by atoms with Crippen molar-refractivity contribution >= 4 is 0 Å². The summed E-state index contributed by atoms with van der Waals surface area (Å²) in [5.74, 6) is 2.06.